The number of thioether (sulfide) groups is 1. The molecule has 19 heteroatoms. The van der Waals surface area contributed by atoms with Crippen LogP contribution < -0.4 is 10.1 Å². The maximum atomic E-state index is 12.5. The second-order valence-corrected chi connectivity index (χ2v) is 14.1. The van der Waals surface area contributed by atoms with E-state index < -0.39 is 47.8 Å². The van der Waals surface area contributed by atoms with Crippen molar-refractivity contribution < 1.29 is 67.4 Å². The zero-order valence-electron chi connectivity index (χ0n) is 30.1. The van der Waals surface area contributed by atoms with Gasteiger partial charge in [0.05, 0.1) is 44.0 Å². The number of amides is 4. The van der Waals surface area contributed by atoms with Gasteiger partial charge in [-0.1, -0.05) is 0 Å². The van der Waals surface area contributed by atoms with E-state index in [-0.39, 0.29) is 108 Å². The molecule has 1 aromatic heterocycles. The van der Waals surface area contributed by atoms with Crippen molar-refractivity contribution in [1.29, 1.82) is 0 Å². The largest absolute Gasteiger partial charge is 0.492 e. The Morgan fingerprint density at radius 1 is 1.00 bits per heavy atom. The highest BCUT2D eigenvalue weighted by atomic mass is 32.2. The van der Waals surface area contributed by atoms with Crippen molar-refractivity contribution in [3.8, 4) is 5.75 Å². The second-order valence-electron chi connectivity index (χ2n) is 12.9. The first-order valence-electron chi connectivity index (χ1n) is 17.6. The smallest absolute Gasteiger partial charge is 0.326 e. The number of Topliss-reactive ketones (excluding diaryl/α,β-unsaturated/α-hetero) is 1. The van der Waals surface area contributed by atoms with Crippen molar-refractivity contribution in [3.05, 3.63) is 30.5 Å². The minimum atomic E-state index is -1.35. The summed E-state index contributed by atoms with van der Waals surface area (Å²) < 4.78 is 34.8. The van der Waals surface area contributed by atoms with Gasteiger partial charge in [0.1, 0.15) is 62.3 Å². The third kappa shape index (κ3) is 10.8. The fraction of sp³-hybridized carbons (Fsp3) is 0.600. The van der Waals surface area contributed by atoms with Crippen LogP contribution in [0, 0.1) is 0 Å². The molecule has 0 spiro atoms. The second kappa shape index (κ2) is 19.5. The van der Waals surface area contributed by atoms with Gasteiger partial charge >= 0.3 is 5.97 Å². The van der Waals surface area contributed by atoms with Gasteiger partial charge in [0.25, 0.3) is 0 Å². The molecular formula is C35H46N4O14S. The standard InChI is InChI=1S/C35H46N4O14S/c1-21(40)20-54-27-16-29(43)39(34(27)47)8-9-50-24-3-4-25-23(15-24)5-6-37(25)18-30(44)51-14-13-48-11-12-49-19-28(42)36-17-26-32(45)33(46)31-35(53-26)52-10-7-38(31)22(2)41/h3-6,15,26-27,31-33,35,45-46H,7-14,16-20H2,1-2H3,(H,36,42)/t26?,27?,31-,32-,33+,35-/m0/s1. The minimum absolute atomic E-state index is 0.0139. The number of rotatable bonds is 19. The molecule has 4 amide bonds. The van der Waals surface area contributed by atoms with Gasteiger partial charge < -0.3 is 53.4 Å². The number of ketones is 1. The maximum absolute atomic E-state index is 12.5. The van der Waals surface area contributed by atoms with Crippen LogP contribution in [0.5, 0.6) is 5.75 Å². The van der Waals surface area contributed by atoms with E-state index in [1.165, 1.54) is 35.4 Å². The first-order valence-corrected chi connectivity index (χ1v) is 18.6. The van der Waals surface area contributed by atoms with E-state index in [1.807, 2.05) is 6.07 Å². The molecule has 6 atom stereocenters. The quantitative estimate of drug-likeness (QED) is 0.0872. The lowest BCUT2D eigenvalue weighted by molar-refractivity contribution is -0.296. The molecule has 0 radical (unpaired) electrons. The maximum Gasteiger partial charge on any atom is 0.326 e. The fourth-order valence-electron chi connectivity index (χ4n) is 6.28. The van der Waals surface area contributed by atoms with E-state index in [1.54, 1.807) is 29.0 Å². The number of carbonyl (C=O) groups is 6. The highest BCUT2D eigenvalue weighted by Crippen LogP contribution is 2.29. The van der Waals surface area contributed by atoms with E-state index in [4.69, 9.17) is 28.4 Å². The molecule has 5 rings (SSSR count). The van der Waals surface area contributed by atoms with Gasteiger partial charge in [-0.25, -0.2) is 0 Å². The Hall–Kier alpha value is -4.11. The minimum Gasteiger partial charge on any atom is -0.492 e. The Bertz CT molecular complexity index is 1670. The molecule has 1 aromatic carbocycles. The summed E-state index contributed by atoms with van der Waals surface area (Å²) in [6, 6.07) is 6.30. The molecule has 296 valence electrons. The molecule has 0 saturated carbocycles. The van der Waals surface area contributed by atoms with E-state index in [2.05, 4.69) is 5.32 Å². The Kier molecular flexibility index (Phi) is 14.8. The molecule has 4 heterocycles. The van der Waals surface area contributed by atoms with Crippen molar-refractivity contribution in [2.45, 2.75) is 62.7 Å². The number of imide groups is 1. The van der Waals surface area contributed by atoms with Crippen LogP contribution in [0.25, 0.3) is 10.9 Å². The highest BCUT2D eigenvalue weighted by Gasteiger charge is 2.50. The Morgan fingerprint density at radius 3 is 2.56 bits per heavy atom. The number of benzene rings is 1. The molecule has 3 N–H and O–H groups in total. The number of nitrogens with one attached hydrogen (secondary N) is 1. The van der Waals surface area contributed by atoms with Crippen molar-refractivity contribution in [2.24, 2.45) is 0 Å². The van der Waals surface area contributed by atoms with Crippen molar-refractivity contribution in [2.75, 3.05) is 71.6 Å². The zero-order chi connectivity index (χ0) is 38.8. The number of aromatic nitrogens is 1. The highest BCUT2D eigenvalue weighted by molar-refractivity contribution is 8.01. The summed E-state index contributed by atoms with van der Waals surface area (Å²) in [5.74, 6) is -1.12. The molecule has 0 bridgehead atoms. The molecule has 3 aliphatic heterocycles. The van der Waals surface area contributed by atoms with Gasteiger partial charge in [0.2, 0.25) is 23.6 Å². The summed E-state index contributed by atoms with van der Waals surface area (Å²) in [7, 11) is 0. The van der Waals surface area contributed by atoms with Crippen molar-refractivity contribution in [1.82, 2.24) is 19.7 Å². The Labute approximate surface area is 315 Å². The summed E-state index contributed by atoms with van der Waals surface area (Å²) >= 11 is 1.18. The summed E-state index contributed by atoms with van der Waals surface area (Å²) in [5, 5.41) is 24.0. The number of nitrogens with zero attached hydrogens (tertiary/aromatic N) is 3. The fourth-order valence-corrected chi connectivity index (χ4v) is 7.25. The zero-order valence-corrected chi connectivity index (χ0v) is 30.9. The number of hydrogen-bond donors (Lipinski definition) is 3. The number of carbonyl (C=O) groups excluding carboxylic acids is 6. The Balaban J connectivity index is 0.913. The number of ether oxygens (including phenoxy) is 6. The Morgan fingerprint density at radius 2 is 1.78 bits per heavy atom. The number of fused-ring (bicyclic) bond motifs is 2. The van der Waals surface area contributed by atoms with Gasteiger partial charge in [0, 0.05) is 43.5 Å². The van der Waals surface area contributed by atoms with Crippen molar-refractivity contribution in [3.63, 3.8) is 0 Å². The average Bonchev–Trinajstić information content (AvgIpc) is 3.66. The summed E-state index contributed by atoms with van der Waals surface area (Å²) in [4.78, 5) is 75.2. The van der Waals surface area contributed by atoms with E-state index in [0.717, 1.165) is 10.9 Å². The van der Waals surface area contributed by atoms with E-state index in [0.29, 0.717) is 5.75 Å². The van der Waals surface area contributed by atoms with Crippen LogP contribution in [0.4, 0.5) is 0 Å². The normalized spacial score (nSPS) is 24.1. The number of aliphatic hydroxyl groups excluding tert-OH is 2. The molecule has 2 aromatic rings. The number of likely N-dealkylation sites (tertiary alicyclic amines) is 1. The molecule has 3 saturated heterocycles. The molecule has 18 nitrogen and oxygen atoms in total. The first-order chi connectivity index (χ1) is 25.9. The van der Waals surface area contributed by atoms with Gasteiger partial charge in [-0.2, -0.15) is 0 Å². The number of esters is 1. The number of hydrogen-bond acceptors (Lipinski definition) is 15. The lowest BCUT2D eigenvalue weighted by atomic mass is 9.94. The topological polar surface area (TPSA) is 222 Å². The van der Waals surface area contributed by atoms with Crippen LogP contribution in [0.15, 0.2) is 30.5 Å². The summed E-state index contributed by atoms with van der Waals surface area (Å²) in [5.41, 5.74) is 0.778. The summed E-state index contributed by atoms with van der Waals surface area (Å²) in [6.45, 7) is 3.46. The van der Waals surface area contributed by atoms with Crippen LogP contribution >= 0.6 is 11.8 Å². The predicted molar refractivity (Wildman–Crippen MR) is 189 cm³/mol. The number of aliphatic hydroxyl groups is 2. The van der Waals surface area contributed by atoms with Gasteiger partial charge in [-0.15, -0.1) is 11.8 Å². The number of morpholine rings is 1. The molecule has 0 aliphatic carbocycles. The SMILES string of the molecule is CC(=O)CSC1CC(=O)N(CCOc2ccc3c(ccn3CC(=O)OCCOCCOCC(=O)NCC3O[C@@H]4OCCN(C(C)=O)[C@H]4[C@@H](O)[C@H]3O)c2)C1=O. The van der Waals surface area contributed by atoms with E-state index >= 15 is 0 Å². The van der Waals surface area contributed by atoms with E-state index in [9.17, 15) is 39.0 Å². The van der Waals surface area contributed by atoms with Gasteiger partial charge in [0.15, 0.2) is 6.29 Å². The van der Waals surface area contributed by atoms with Gasteiger partial charge in [-0.05, 0) is 31.2 Å². The molecule has 2 unspecified atom stereocenters. The summed E-state index contributed by atoms with van der Waals surface area (Å²) in [6.07, 6.45) is -2.72. The van der Waals surface area contributed by atoms with Gasteiger partial charge in [-0.3, -0.25) is 33.7 Å². The monoisotopic (exact) mass is 778 g/mol. The average molecular weight is 779 g/mol. The lowest BCUT2D eigenvalue weighted by Crippen LogP contribution is -2.68. The van der Waals surface area contributed by atoms with Crippen molar-refractivity contribution >= 4 is 58.0 Å². The molecular weight excluding hydrogens is 732 g/mol. The van der Waals surface area contributed by atoms with Crippen LogP contribution in [0.1, 0.15) is 20.3 Å². The van der Waals surface area contributed by atoms with Crippen LogP contribution in [-0.2, 0) is 59.0 Å². The van der Waals surface area contributed by atoms with Crippen LogP contribution in [0.3, 0.4) is 0 Å². The third-order valence-corrected chi connectivity index (χ3v) is 10.3. The first kappa shape index (κ1) is 41.1. The molecule has 3 aliphatic rings. The third-order valence-electron chi connectivity index (χ3n) is 8.96. The molecule has 3 fully saturated rings. The van der Waals surface area contributed by atoms with Crippen LogP contribution in [0.2, 0.25) is 0 Å². The predicted octanol–water partition coefficient (Wildman–Crippen LogP) is -1.14. The van der Waals surface area contributed by atoms with Crippen LogP contribution in [-0.4, -0.2) is 167 Å². The lowest BCUT2D eigenvalue weighted by Gasteiger charge is -2.49. The molecule has 54 heavy (non-hydrogen) atoms.